The molecule has 4 heteroatoms. The van der Waals surface area contributed by atoms with Gasteiger partial charge in [-0.3, -0.25) is 9.97 Å². The van der Waals surface area contributed by atoms with E-state index < -0.39 is 6.10 Å². The minimum atomic E-state index is -0.809. The molecular formula is C15H11ClN2O. The number of para-hydroxylation sites is 1. The quantitative estimate of drug-likeness (QED) is 0.777. The molecule has 0 saturated carbocycles. The third-order valence-corrected chi connectivity index (χ3v) is 3.21. The average Bonchev–Trinajstić information content (AvgIpc) is 2.47. The summed E-state index contributed by atoms with van der Waals surface area (Å²) in [6.45, 7) is 0. The van der Waals surface area contributed by atoms with Crippen molar-refractivity contribution in [3.63, 3.8) is 0 Å². The number of fused-ring (bicyclic) bond motifs is 1. The van der Waals surface area contributed by atoms with Crippen molar-refractivity contribution in [1.82, 2.24) is 9.97 Å². The molecule has 0 spiro atoms. The lowest BCUT2D eigenvalue weighted by Gasteiger charge is -2.12. The Morgan fingerprint density at radius 1 is 1.00 bits per heavy atom. The van der Waals surface area contributed by atoms with Gasteiger partial charge in [0.1, 0.15) is 6.10 Å². The fourth-order valence-electron chi connectivity index (χ4n) is 2.06. The third-order valence-electron chi connectivity index (χ3n) is 2.99. The van der Waals surface area contributed by atoms with E-state index >= 15 is 0 Å². The maximum atomic E-state index is 10.4. The molecule has 0 aliphatic carbocycles. The number of hydrogen-bond donors (Lipinski definition) is 1. The Labute approximate surface area is 115 Å². The van der Waals surface area contributed by atoms with Gasteiger partial charge in [-0.25, -0.2) is 0 Å². The summed E-state index contributed by atoms with van der Waals surface area (Å²) in [7, 11) is 0. The largest absolute Gasteiger partial charge is 0.382 e. The molecule has 0 amide bonds. The van der Waals surface area contributed by atoms with Crippen molar-refractivity contribution in [3.8, 4) is 0 Å². The molecule has 0 aliphatic rings. The molecule has 3 nitrogen and oxygen atoms in total. The predicted molar refractivity (Wildman–Crippen MR) is 75.1 cm³/mol. The van der Waals surface area contributed by atoms with Crippen LogP contribution in [0.25, 0.3) is 10.9 Å². The van der Waals surface area contributed by atoms with E-state index in [0.29, 0.717) is 10.7 Å². The van der Waals surface area contributed by atoms with Gasteiger partial charge < -0.3 is 5.11 Å². The average molecular weight is 271 g/mol. The van der Waals surface area contributed by atoms with Gasteiger partial charge in [0.2, 0.25) is 0 Å². The summed E-state index contributed by atoms with van der Waals surface area (Å²) < 4.78 is 0. The second-order valence-corrected chi connectivity index (χ2v) is 4.66. The molecule has 3 aromatic rings. The summed E-state index contributed by atoms with van der Waals surface area (Å²) in [6.07, 6.45) is 2.43. The zero-order chi connectivity index (χ0) is 13.2. The van der Waals surface area contributed by atoms with Crippen LogP contribution < -0.4 is 0 Å². The smallest absolute Gasteiger partial charge is 0.123 e. The van der Waals surface area contributed by atoms with Gasteiger partial charge in [0.25, 0.3) is 0 Å². The number of aliphatic hydroxyl groups excluding tert-OH is 1. The highest BCUT2D eigenvalue weighted by atomic mass is 35.5. The summed E-state index contributed by atoms with van der Waals surface area (Å²) in [5.41, 5.74) is 2.09. The molecule has 0 fully saturated rings. The van der Waals surface area contributed by atoms with E-state index in [1.165, 1.54) is 6.20 Å². The maximum absolute atomic E-state index is 10.4. The Balaban J connectivity index is 2.11. The molecule has 1 unspecified atom stereocenters. The van der Waals surface area contributed by atoms with Crippen LogP contribution >= 0.6 is 11.6 Å². The monoisotopic (exact) mass is 270 g/mol. The lowest BCUT2D eigenvalue weighted by Crippen LogP contribution is -2.03. The lowest BCUT2D eigenvalue weighted by molar-refractivity contribution is 0.216. The van der Waals surface area contributed by atoms with E-state index in [4.69, 9.17) is 11.6 Å². The molecule has 0 radical (unpaired) electrons. The first kappa shape index (κ1) is 12.1. The molecule has 94 valence electrons. The van der Waals surface area contributed by atoms with E-state index in [0.717, 1.165) is 16.5 Å². The van der Waals surface area contributed by atoms with Crippen LogP contribution in [-0.2, 0) is 0 Å². The van der Waals surface area contributed by atoms with Crippen LogP contribution in [0.4, 0.5) is 0 Å². The van der Waals surface area contributed by atoms with Gasteiger partial charge in [0, 0.05) is 23.3 Å². The van der Waals surface area contributed by atoms with Crippen molar-refractivity contribution in [1.29, 1.82) is 0 Å². The van der Waals surface area contributed by atoms with E-state index in [2.05, 4.69) is 9.97 Å². The van der Waals surface area contributed by atoms with Crippen molar-refractivity contribution in [2.75, 3.05) is 0 Å². The molecule has 1 N–H and O–H groups in total. The Bertz CT molecular complexity index is 707. The van der Waals surface area contributed by atoms with Gasteiger partial charge in [0.05, 0.1) is 16.2 Å². The molecule has 2 heterocycles. The Morgan fingerprint density at radius 3 is 2.63 bits per heavy atom. The van der Waals surface area contributed by atoms with Crippen LogP contribution in [0.5, 0.6) is 0 Å². The normalized spacial score (nSPS) is 12.5. The van der Waals surface area contributed by atoms with Crippen molar-refractivity contribution < 1.29 is 5.11 Å². The number of halogens is 1. The summed E-state index contributed by atoms with van der Waals surface area (Å²) in [6, 6.07) is 13.0. The number of rotatable bonds is 2. The summed E-state index contributed by atoms with van der Waals surface area (Å²) in [4.78, 5) is 8.48. The lowest BCUT2D eigenvalue weighted by atomic mass is 10.0. The number of pyridine rings is 2. The Morgan fingerprint density at radius 2 is 1.84 bits per heavy atom. The summed E-state index contributed by atoms with van der Waals surface area (Å²) >= 11 is 5.80. The van der Waals surface area contributed by atoms with Crippen LogP contribution in [0.15, 0.2) is 54.9 Å². The van der Waals surface area contributed by atoms with E-state index in [1.807, 2.05) is 30.3 Å². The van der Waals surface area contributed by atoms with E-state index in [9.17, 15) is 5.11 Å². The van der Waals surface area contributed by atoms with Crippen LogP contribution in [-0.4, -0.2) is 15.1 Å². The second-order valence-electron chi connectivity index (χ2n) is 4.23. The van der Waals surface area contributed by atoms with Gasteiger partial charge in [-0.05, 0) is 18.2 Å². The van der Waals surface area contributed by atoms with Crippen LogP contribution in [0.2, 0.25) is 5.02 Å². The SMILES string of the molecule is OC(c1ccc(Cl)cn1)c1cccc2cccnc12. The molecule has 2 aromatic heterocycles. The van der Waals surface area contributed by atoms with Crippen molar-refractivity contribution in [3.05, 3.63) is 71.1 Å². The molecule has 0 saturated heterocycles. The first-order valence-electron chi connectivity index (χ1n) is 5.89. The highest BCUT2D eigenvalue weighted by Crippen LogP contribution is 2.26. The fourth-order valence-corrected chi connectivity index (χ4v) is 2.17. The molecule has 3 rings (SSSR count). The highest BCUT2D eigenvalue weighted by molar-refractivity contribution is 6.30. The van der Waals surface area contributed by atoms with Crippen molar-refractivity contribution in [2.45, 2.75) is 6.10 Å². The molecule has 1 aromatic carbocycles. The minimum absolute atomic E-state index is 0.548. The maximum Gasteiger partial charge on any atom is 0.123 e. The van der Waals surface area contributed by atoms with Crippen LogP contribution in [0.3, 0.4) is 0 Å². The molecule has 0 aliphatic heterocycles. The number of hydrogen-bond acceptors (Lipinski definition) is 3. The van der Waals surface area contributed by atoms with Crippen LogP contribution in [0, 0.1) is 0 Å². The number of nitrogens with zero attached hydrogens (tertiary/aromatic N) is 2. The van der Waals surface area contributed by atoms with Gasteiger partial charge in [-0.2, -0.15) is 0 Å². The zero-order valence-corrected chi connectivity index (χ0v) is 10.7. The van der Waals surface area contributed by atoms with Crippen LogP contribution in [0.1, 0.15) is 17.4 Å². The van der Waals surface area contributed by atoms with E-state index in [1.54, 1.807) is 18.3 Å². The highest BCUT2D eigenvalue weighted by Gasteiger charge is 2.15. The van der Waals surface area contributed by atoms with Crippen molar-refractivity contribution >= 4 is 22.5 Å². The standard InChI is InChI=1S/C15H11ClN2O/c16-11-6-7-13(18-9-11)15(19)12-5-1-3-10-4-2-8-17-14(10)12/h1-9,15,19H. The summed E-state index contributed by atoms with van der Waals surface area (Å²) in [5.74, 6) is 0. The molecule has 1 atom stereocenters. The number of aliphatic hydroxyl groups is 1. The molecule has 19 heavy (non-hydrogen) atoms. The third kappa shape index (κ3) is 2.30. The minimum Gasteiger partial charge on any atom is -0.382 e. The first-order chi connectivity index (χ1) is 9.25. The van der Waals surface area contributed by atoms with Gasteiger partial charge in [0.15, 0.2) is 0 Å². The number of aromatic nitrogens is 2. The molecular weight excluding hydrogens is 260 g/mol. The predicted octanol–water partition coefficient (Wildman–Crippen LogP) is 3.36. The zero-order valence-electron chi connectivity index (χ0n) is 9.99. The second kappa shape index (κ2) is 4.96. The Hall–Kier alpha value is -1.97. The number of benzene rings is 1. The molecule has 0 bridgehead atoms. The van der Waals surface area contributed by atoms with Gasteiger partial charge in [-0.1, -0.05) is 35.9 Å². The van der Waals surface area contributed by atoms with Crippen molar-refractivity contribution in [2.24, 2.45) is 0 Å². The van der Waals surface area contributed by atoms with Gasteiger partial charge in [-0.15, -0.1) is 0 Å². The summed E-state index contributed by atoms with van der Waals surface area (Å²) in [5, 5.41) is 12.0. The first-order valence-corrected chi connectivity index (χ1v) is 6.26. The van der Waals surface area contributed by atoms with E-state index in [-0.39, 0.29) is 0 Å². The Kier molecular flexibility index (Phi) is 3.15. The fraction of sp³-hybridized carbons (Fsp3) is 0.0667. The topological polar surface area (TPSA) is 46.0 Å². The van der Waals surface area contributed by atoms with Gasteiger partial charge >= 0.3 is 0 Å².